The number of nitrogens with one attached hydrogen (secondary N) is 1. The van der Waals surface area contributed by atoms with Crippen LogP contribution in [0, 0.1) is 11.8 Å². The molecule has 0 spiro atoms. The second-order valence-corrected chi connectivity index (χ2v) is 8.69. The third-order valence-electron chi connectivity index (χ3n) is 6.72. The van der Waals surface area contributed by atoms with Gasteiger partial charge in [-0.1, -0.05) is 13.3 Å². The third-order valence-corrected chi connectivity index (χ3v) is 6.72. The van der Waals surface area contributed by atoms with E-state index in [4.69, 9.17) is 24.5 Å². The maximum Gasteiger partial charge on any atom is 0.290 e. The maximum atomic E-state index is 12.1. The number of aromatic nitrogens is 2. The van der Waals surface area contributed by atoms with Crippen LogP contribution in [0.1, 0.15) is 45.4 Å². The molecule has 1 amide bonds. The zero-order valence-electron chi connectivity index (χ0n) is 20.0. The molecule has 1 aromatic rings. The number of hydrogen-bond donors (Lipinski definition) is 3. The van der Waals surface area contributed by atoms with Crippen molar-refractivity contribution < 1.29 is 29.3 Å². The highest BCUT2D eigenvalue weighted by Crippen LogP contribution is 2.41. The summed E-state index contributed by atoms with van der Waals surface area (Å²) in [6, 6.07) is 2.82. The van der Waals surface area contributed by atoms with Gasteiger partial charge in [0.1, 0.15) is 0 Å². The standard InChI is InChI=1S/C21H33N5O2.2CH2O2/c1-3-6-19(27)23-12-18-16-11-15(17-7-4-5-10-26(17)18)13-25(14-16)21-22-9-8-20(24-21)28-2;2*2-1-3/h8-9,15-18H,3-7,10-14H2,1-2H3,(H,23,27);2*1H,(H,2,3)/t15-,16+,17+,18+;;/m1../s1. The van der Waals surface area contributed by atoms with Gasteiger partial charge in [-0.25, -0.2) is 4.98 Å². The molecule has 0 aromatic carbocycles. The molecule has 0 unspecified atom stereocenters. The van der Waals surface area contributed by atoms with E-state index >= 15 is 0 Å². The molecule has 4 heterocycles. The van der Waals surface area contributed by atoms with Crippen molar-refractivity contribution in [3.05, 3.63) is 12.3 Å². The number of amides is 1. The van der Waals surface area contributed by atoms with Crippen LogP contribution >= 0.6 is 0 Å². The lowest BCUT2D eigenvalue weighted by Gasteiger charge is -2.56. The summed E-state index contributed by atoms with van der Waals surface area (Å²) in [6.07, 6.45) is 8.40. The molecule has 3 saturated heterocycles. The van der Waals surface area contributed by atoms with Gasteiger partial charge < -0.3 is 25.2 Å². The fourth-order valence-corrected chi connectivity index (χ4v) is 5.48. The van der Waals surface area contributed by atoms with Gasteiger partial charge in [-0.05, 0) is 44.1 Å². The van der Waals surface area contributed by atoms with E-state index in [2.05, 4.69) is 32.0 Å². The first-order chi connectivity index (χ1) is 16.5. The summed E-state index contributed by atoms with van der Waals surface area (Å²) >= 11 is 0. The summed E-state index contributed by atoms with van der Waals surface area (Å²) in [6.45, 7) is 5.45. The lowest BCUT2D eigenvalue weighted by Crippen LogP contribution is -2.66. The normalized spacial score (nSPS) is 25.3. The molecule has 0 radical (unpaired) electrons. The number of nitrogens with zero attached hydrogens (tertiary/aromatic N) is 4. The van der Waals surface area contributed by atoms with Crippen molar-refractivity contribution in [3.8, 4) is 5.88 Å². The van der Waals surface area contributed by atoms with E-state index in [0.29, 0.717) is 36.2 Å². The highest BCUT2D eigenvalue weighted by molar-refractivity contribution is 5.75. The molecule has 3 fully saturated rings. The Morgan fingerprint density at radius 3 is 2.62 bits per heavy atom. The van der Waals surface area contributed by atoms with Crippen molar-refractivity contribution in [3.63, 3.8) is 0 Å². The number of ether oxygens (including phenoxy) is 1. The summed E-state index contributed by atoms with van der Waals surface area (Å²) in [4.78, 5) is 43.0. The van der Waals surface area contributed by atoms with Crippen molar-refractivity contribution in [2.24, 2.45) is 11.8 Å². The first kappa shape index (κ1) is 27.3. The molecule has 0 aliphatic carbocycles. The van der Waals surface area contributed by atoms with E-state index in [1.165, 1.54) is 32.2 Å². The van der Waals surface area contributed by atoms with Crippen LogP contribution in [-0.2, 0) is 14.4 Å². The quantitative estimate of drug-likeness (QED) is 0.513. The minimum atomic E-state index is -0.250. The van der Waals surface area contributed by atoms with Gasteiger partial charge in [0.05, 0.1) is 7.11 Å². The molecule has 3 aliphatic heterocycles. The monoisotopic (exact) mass is 479 g/mol. The number of hydrogen-bond acceptors (Lipinski definition) is 8. The zero-order chi connectivity index (χ0) is 24.9. The predicted octanol–water partition coefficient (Wildman–Crippen LogP) is 1.48. The first-order valence-corrected chi connectivity index (χ1v) is 11.8. The molecule has 190 valence electrons. The van der Waals surface area contributed by atoms with Crippen LogP contribution in [0.5, 0.6) is 5.88 Å². The Kier molecular flexibility index (Phi) is 11.5. The van der Waals surface area contributed by atoms with Gasteiger partial charge in [0.2, 0.25) is 17.7 Å². The maximum absolute atomic E-state index is 12.1. The fraction of sp³-hybridized carbons (Fsp3) is 0.696. The Bertz CT molecular complexity index is 776. The number of piperidine rings is 3. The molecule has 34 heavy (non-hydrogen) atoms. The van der Waals surface area contributed by atoms with Crippen LogP contribution in [0.15, 0.2) is 12.3 Å². The SMILES string of the molecule is CCCC(=O)NC[C@H]1[C@H]2C[C@H](CN(c3nccc(OC)n3)C2)[C@@H]2CCCCN21.O=CO.O=CO. The number of methoxy groups -OCH3 is 1. The van der Waals surface area contributed by atoms with E-state index in [9.17, 15) is 4.79 Å². The van der Waals surface area contributed by atoms with Gasteiger partial charge in [0, 0.05) is 50.4 Å². The number of carboxylic acid groups (broad SMARTS) is 2. The molecule has 3 N–H and O–H groups in total. The van der Waals surface area contributed by atoms with Crippen LogP contribution in [0.2, 0.25) is 0 Å². The van der Waals surface area contributed by atoms with E-state index < -0.39 is 0 Å². The second kappa shape index (κ2) is 14.3. The summed E-state index contributed by atoms with van der Waals surface area (Å²) < 4.78 is 5.30. The number of rotatable bonds is 6. The number of carbonyl (C=O) groups excluding carboxylic acids is 1. The van der Waals surface area contributed by atoms with Crippen LogP contribution in [0.4, 0.5) is 5.95 Å². The lowest BCUT2D eigenvalue weighted by molar-refractivity contribution is -0.123. The third kappa shape index (κ3) is 7.28. The largest absolute Gasteiger partial charge is 0.483 e. The predicted molar refractivity (Wildman–Crippen MR) is 126 cm³/mol. The molecule has 4 rings (SSSR count). The van der Waals surface area contributed by atoms with Crippen LogP contribution < -0.4 is 15.0 Å². The van der Waals surface area contributed by atoms with Gasteiger partial charge in [-0.2, -0.15) is 4.98 Å². The van der Waals surface area contributed by atoms with E-state index in [0.717, 1.165) is 32.0 Å². The minimum absolute atomic E-state index is 0.182. The highest BCUT2D eigenvalue weighted by Gasteiger charge is 2.47. The topological polar surface area (TPSA) is 145 Å². The van der Waals surface area contributed by atoms with E-state index in [1.54, 1.807) is 19.4 Å². The van der Waals surface area contributed by atoms with Crippen molar-refractivity contribution in [2.75, 3.05) is 38.2 Å². The average Bonchev–Trinajstić information content (AvgIpc) is 2.85. The summed E-state index contributed by atoms with van der Waals surface area (Å²) in [5.41, 5.74) is 0. The van der Waals surface area contributed by atoms with Gasteiger partial charge >= 0.3 is 0 Å². The Balaban J connectivity index is 0.000000618. The molecule has 4 atom stereocenters. The molecule has 1 aromatic heterocycles. The van der Waals surface area contributed by atoms with Crippen LogP contribution in [0.25, 0.3) is 0 Å². The second-order valence-electron chi connectivity index (χ2n) is 8.69. The number of anilines is 1. The molecule has 0 saturated carbocycles. The van der Waals surface area contributed by atoms with Gasteiger partial charge in [0.15, 0.2) is 0 Å². The zero-order valence-corrected chi connectivity index (χ0v) is 20.0. The Labute approximate surface area is 200 Å². The van der Waals surface area contributed by atoms with Gasteiger partial charge in [-0.15, -0.1) is 0 Å². The molecule has 11 heteroatoms. The molecular weight excluding hydrogens is 442 g/mol. The minimum Gasteiger partial charge on any atom is -0.483 e. The first-order valence-electron chi connectivity index (χ1n) is 11.8. The average molecular weight is 480 g/mol. The Hall–Kier alpha value is -2.95. The molecule has 11 nitrogen and oxygen atoms in total. The Morgan fingerprint density at radius 2 is 1.94 bits per heavy atom. The van der Waals surface area contributed by atoms with Crippen LogP contribution in [0.3, 0.4) is 0 Å². The van der Waals surface area contributed by atoms with Gasteiger partial charge in [0.25, 0.3) is 12.9 Å². The van der Waals surface area contributed by atoms with Crippen molar-refractivity contribution in [1.29, 1.82) is 0 Å². The van der Waals surface area contributed by atoms with Crippen molar-refractivity contribution >= 4 is 24.8 Å². The van der Waals surface area contributed by atoms with Crippen molar-refractivity contribution in [2.45, 2.75) is 57.5 Å². The van der Waals surface area contributed by atoms with E-state index in [-0.39, 0.29) is 18.9 Å². The summed E-state index contributed by atoms with van der Waals surface area (Å²) in [5.74, 6) is 2.75. The molecular formula is C23H37N5O6. The van der Waals surface area contributed by atoms with Crippen LogP contribution in [-0.4, -0.2) is 89.3 Å². The van der Waals surface area contributed by atoms with E-state index in [1.807, 2.05) is 0 Å². The Morgan fingerprint density at radius 1 is 1.24 bits per heavy atom. The number of carbonyl (C=O) groups is 3. The fourth-order valence-electron chi connectivity index (χ4n) is 5.48. The lowest BCUT2D eigenvalue weighted by atomic mass is 9.72. The van der Waals surface area contributed by atoms with Crippen molar-refractivity contribution in [1.82, 2.24) is 20.2 Å². The summed E-state index contributed by atoms with van der Waals surface area (Å²) in [5, 5.41) is 17.0. The summed E-state index contributed by atoms with van der Waals surface area (Å²) in [7, 11) is 1.64. The van der Waals surface area contributed by atoms with Gasteiger partial charge in [-0.3, -0.25) is 19.3 Å². The molecule has 2 bridgehead atoms. The molecule has 3 aliphatic rings. The smallest absolute Gasteiger partial charge is 0.290 e. The highest BCUT2D eigenvalue weighted by atomic mass is 16.5. The number of fused-ring (bicyclic) bond motifs is 4.